The van der Waals surface area contributed by atoms with Crippen LogP contribution in [-0.4, -0.2) is 27.1 Å². The van der Waals surface area contributed by atoms with Crippen LogP contribution in [0.1, 0.15) is 27.9 Å². The molecule has 0 saturated heterocycles. The van der Waals surface area contributed by atoms with Gasteiger partial charge in [-0.1, -0.05) is 24.3 Å². The highest BCUT2D eigenvalue weighted by molar-refractivity contribution is 6.13. The minimum atomic E-state index is 0.0665. The molecular weight excluding hydrogens is 304 g/mol. The Hall–Kier alpha value is -2.75. The molecule has 2 aromatic carbocycles. The first-order valence-electron chi connectivity index (χ1n) is 7.81. The number of methoxy groups -OCH3 is 3. The molecule has 0 fully saturated rings. The van der Waals surface area contributed by atoms with Crippen molar-refractivity contribution in [1.82, 2.24) is 0 Å². The van der Waals surface area contributed by atoms with E-state index >= 15 is 0 Å². The third-order valence-electron chi connectivity index (χ3n) is 4.29. The second kappa shape index (κ2) is 6.79. The average molecular weight is 324 g/mol. The molecule has 2 aromatic rings. The van der Waals surface area contributed by atoms with Crippen molar-refractivity contribution in [1.29, 1.82) is 0 Å². The molecular formula is C20H20O4. The molecule has 0 N–H and O–H groups in total. The summed E-state index contributed by atoms with van der Waals surface area (Å²) in [5.74, 6) is 1.94. The maximum Gasteiger partial charge on any atom is 0.189 e. The zero-order valence-corrected chi connectivity index (χ0v) is 14.1. The van der Waals surface area contributed by atoms with Gasteiger partial charge < -0.3 is 14.2 Å². The van der Waals surface area contributed by atoms with Crippen LogP contribution in [0.4, 0.5) is 0 Å². The second-order valence-corrected chi connectivity index (χ2v) is 5.60. The molecule has 0 heterocycles. The monoisotopic (exact) mass is 324 g/mol. The van der Waals surface area contributed by atoms with Crippen LogP contribution in [0.5, 0.6) is 17.2 Å². The number of aryl methyl sites for hydroxylation is 1. The maximum atomic E-state index is 12.8. The van der Waals surface area contributed by atoms with Gasteiger partial charge in [-0.25, -0.2) is 0 Å². The van der Waals surface area contributed by atoms with Crippen molar-refractivity contribution in [3.63, 3.8) is 0 Å². The molecule has 4 heteroatoms. The number of ether oxygens (including phenoxy) is 3. The van der Waals surface area contributed by atoms with Crippen molar-refractivity contribution in [2.45, 2.75) is 12.8 Å². The molecule has 0 aromatic heterocycles. The number of ketones is 1. The van der Waals surface area contributed by atoms with Crippen LogP contribution < -0.4 is 14.2 Å². The lowest BCUT2D eigenvalue weighted by Crippen LogP contribution is -2.14. The molecule has 0 saturated carbocycles. The lowest BCUT2D eigenvalue weighted by atomic mass is 9.86. The highest BCUT2D eigenvalue weighted by Crippen LogP contribution is 2.37. The minimum absolute atomic E-state index is 0.0665. The molecule has 124 valence electrons. The number of rotatable bonds is 4. The third kappa shape index (κ3) is 2.87. The Morgan fingerprint density at radius 1 is 0.917 bits per heavy atom. The van der Waals surface area contributed by atoms with Gasteiger partial charge in [0, 0.05) is 23.3 Å². The Kier molecular flexibility index (Phi) is 4.56. The van der Waals surface area contributed by atoms with Crippen molar-refractivity contribution in [3.05, 3.63) is 58.7 Å². The number of allylic oxidation sites excluding steroid dienone is 1. The van der Waals surface area contributed by atoms with Gasteiger partial charge >= 0.3 is 0 Å². The molecule has 0 amide bonds. The fourth-order valence-electron chi connectivity index (χ4n) is 3.00. The average Bonchev–Trinajstić information content (AvgIpc) is 2.64. The summed E-state index contributed by atoms with van der Waals surface area (Å²) in [5.41, 5.74) is 3.40. The van der Waals surface area contributed by atoms with Gasteiger partial charge in [-0.05, 0) is 24.5 Å². The fourth-order valence-corrected chi connectivity index (χ4v) is 3.00. The van der Waals surface area contributed by atoms with E-state index in [1.54, 1.807) is 33.5 Å². The van der Waals surface area contributed by atoms with E-state index in [-0.39, 0.29) is 5.78 Å². The van der Waals surface area contributed by atoms with Crippen molar-refractivity contribution < 1.29 is 19.0 Å². The third-order valence-corrected chi connectivity index (χ3v) is 4.29. The Labute approximate surface area is 141 Å². The minimum Gasteiger partial charge on any atom is -0.496 e. The van der Waals surface area contributed by atoms with Gasteiger partial charge in [0.25, 0.3) is 0 Å². The van der Waals surface area contributed by atoms with Gasteiger partial charge in [0.2, 0.25) is 0 Å². The number of carbonyl (C=O) groups is 1. The molecule has 0 atom stereocenters. The molecule has 24 heavy (non-hydrogen) atoms. The highest BCUT2D eigenvalue weighted by Gasteiger charge is 2.22. The molecule has 0 aliphatic heterocycles. The molecule has 0 bridgehead atoms. The quantitative estimate of drug-likeness (QED) is 0.800. The predicted octanol–water partition coefficient (Wildman–Crippen LogP) is 3.92. The summed E-state index contributed by atoms with van der Waals surface area (Å²) in [6.45, 7) is 0. The number of hydrogen-bond donors (Lipinski definition) is 0. The van der Waals surface area contributed by atoms with Gasteiger partial charge in [0.05, 0.1) is 26.9 Å². The van der Waals surface area contributed by atoms with Gasteiger partial charge in [-0.2, -0.15) is 0 Å². The summed E-state index contributed by atoms with van der Waals surface area (Å²) in [7, 11) is 4.77. The fraction of sp³-hybridized carbons (Fsp3) is 0.250. The van der Waals surface area contributed by atoms with E-state index in [0.717, 1.165) is 28.7 Å². The molecule has 1 aliphatic carbocycles. The Morgan fingerprint density at radius 3 is 2.21 bits per heavy atom. The van der Waals surface area contributed by atoms with Crippen LogP contribution in [0.15, 0.2) is 42.0 Å². The SMILES string of the molecule is COc1cc(OC)c(/C=C2\CCc3ccccc3C2=O)c(OC)c1. The topological polar surface area (TPSA) is 44.8 Å². The Bertz CT molecular complexity index is 780. The Balaban J connectivity index is 2.07. The zero-order valence-electron chi connectivity index (χ0n) is 14.1. The highest BCUT2D eigenvalue weighted by atomic mass is 16.5. The molecule has 0 spiro atoms. The first kappa shape index (κ1) is 16.1. The normalized spacial score (nSPS) is 15.1. The summed E-state index contributed by atoms with van der Waals surface area (Å²) in [4.78, 5) is 12.8. The molecule has 3 rings (SSSR count). The van der Waals surface area contributed by atoms with Crippen LogP contribution in [0.3, 0.4) is 0 Å². The van der Waals surface area contributed by atoms with E-state index in [2.05, 4.69) is 0 Å². The smallest absolute Gasteiger partial charge is 0.189 e. The number of hydrogen-bond acceptors (Lipinski definition) is 4. The van der Waals surface area contributed by atoms with Crippen LogP contribution in [0, 0.1) is 0 Å². The van der Waals surface area contributed by atoms with E-state index in [1.165, 1.54) is 0 Å². The summed E-state index contributed by atoms with van der Waals surface area (Å²) < 4.78 is 16.2. The van der Waals surface area contributed by atoms with Crippen LogP contribution in [0.2, 0.25) is 0 Å². The van der Waals surface area contributed by atoms with E-state index < -0.39 is 0 Å². The van der Waals surface area contributed by atoms with E-state index in [1.807, 2.05) is 30.3 Å². The summed E-state index contributed by atoms with van der Waals surface area (Å²) in [5, 5.41) is 0. The summed E-state index contributed by atoms with van der Waals surface area (Å²) in [6.07, 6.45) is 3.43. The first-order chi connectivity index (χ1) is 11.7. The van der Waals surface area contributed by atoms with Crippen LogP contribution >= 0.6 is 0 Å². The predicted molar refractivity (Wildman–Crippen MR) is 93.2 cm³/mol. The lowest BCUT2D eigenvalue weighted by molar-refractivity contribution is 0.102. The Morgan fingerprint density at radius 2 is 1.58 bits per heavy atom. The van der Waals surface area contributed by atoms with Crippen molar-refractivity contribution >= 4 is 11.9 Å². The second-order valence-electron chi connectivity index (χ2n) is 5.60. The van der Waals surface area contributed by atoms with E-state index in [0.29, 0.717) is 23.7 Å². The van der Waals surface area contributed by atoms with Crippen molar-refractivity contribution in [2.75, 3.05) is 21.3 Å². The molecule has 1 aliphatic rings. The van der Waals surface area contributed by atoms with Crippen molar-refractivity contribution in [3.8, 4) is 17.2 Å². The summed E-state index contributed by atoms with van der Waals surface area (Å²) >= 11 is 0. The van der Waals surface area contributed by atoms with E-state index in [4.69, 9.17) is 14.2 Å². The van der Waals surface area contributed by atoms with Crippen molar-refractivity contribution in [2.24, 2.45) is 0 Å². The van der Waals surface area contributed by atoms with Gasteiger partial charge in [0.15, 0.2) is 5.78 Å². The zero-order chi connectivity index (χ0) is 17.1. The number of fused-ring (bicyclic) bond motifs is 1. The lowest BCUT2D eigenvalue weighted by Gasteiger charge is -2.18. The first-order valence-corrected chi connectivity index (χ1v) is 7.81. The van der Waals surface area contributed by atoms with Gasteiger partial charge in [-0.15, -0.1) is 0 Å². The maximum absolute atomic E-state index is 12.8. The standard InChI is InChI=1S/C20H20O4/c1-22-15-11-18(23-2)17(19(12-15)24-3)10-14-9-8-13-6-4-5-7-16(13)20(14)21/h4-7,10-12H,8-9H2,1-3H3/b14-10+. The number of carbonyl (C=O) groups excluding carboxylic acids is 1. The van der Waals surface area contributed by atoms with Gasteiger partial charge in [0.1, 0.15) is 17.2 Å². The van der Waals surface area contributed by atoms with E-state index in [9.17, 15) is 4.79 Å². The van der Waals surface area contributed by atoms with Crippen LogP contribution in [-0.2, 0) is 6.42 Å². The summed E-state index contributed by atoms with van der Waals surface area (Å²) in [6, 6.07) is 11.3. The molecule has 4 nitrogen and oxygen atoms in total. The largest absolute Gasteiger partial charge is 0.496 e. The van der Waals surface area contributed by atoms with Gasteiger partial charge in [-0.3, -0.25) is 4.79 Å². The van der Waals surface area contributed by atoms with Crippen LogP contribution in [0.25, 0.3) is 6.08 Å². The number of benzene rings is 2. The number of Topliss-reactive ketones (excluding diaryl/α,β-unsaturated/α-hetero) is 1. The molecule has 0 unspecified atom stereocenters. The molecule has 0 radical (unpaired) electrons.